The molecule has 0 saturated heterocycles. The van der Waals surface area contributed by atoms with E-state index in [2.05, 4.69) is 11.9 Å². The van der Waals surface area contributed by atoms with E-state index in [1.54, 1.807) is 54.5 Å². The van der Waals surface area contributed by atoms with Gasteiger partial charge in [-0.05, 0) is 37.3 Å². The Kier molecular flexibility index (Phi) is 4.93. The van der Waals surface area contributed by atoms with Crippen LogP contribution in [0.3, 0.4) is 0 Å². The molecule has 6 heteroatoms. The first-order chi connectivity index (χ1) is 12.5. The molecule has 0 radical (unpaired) electrons. The van der Waals surface area contributed by atoms with Gasteiger partial charge in [0.1, 0.15) is 11.5 Å². The van der Waals surface area contributed by atoms with Crippen molar-refractivity contribution in [2.24, 2.45) is 0 Å². The van der Waals surface area contributed by atoms with E-state index in [0.717, 1.165) is 5.57 Å². The number of anilines is 2. The number of benzene rings is 2. The fourth-order valence-corrected chi connectivity index (χ4v) is 2.69. The lowest BCUT2D eigenvalue weighted by molar-refractivity contribution is -0.121. The van der Waals surface area contributed by atoms with E-state index in [1.165, 1.54) is 0 Å². The summed E-state index contributed by atoms with van der Waals surface area (Å²) in [5, 5.41) is 2.83. The Bertz CT molecular complexity index is 876. The van der Waals surface area contributed by atoms with Gasteiger partial charge in [0.25, 0.3) is 11.8 Å². The van der Waals surface area contributed by atoms with Gasteiger partial charge in [-0.15, -0.1) is 0 Å². The fourth-order valence-electron chi connectivity index (χ4n) is 2.69. The summed E-state index contributed by atoms with van der Waals surface area (Å²) in [4.78, 5) is 26.1. The summed E-state index contributed by atoms with van der Waals surface area (Å²) >= 11 is 0. The second-order valence-electron chi connectivity index (χ2n) is 6.09. The number of carbonyl (C=O) groups excluding carboxylic acids is 2. The van der Waals surface area contributed by atoms with Gasteiger partial charge in [0.2, 0.25) is 0 Å². The minimum atomic E-state index is -0.255. The predicted molar refractivity (Wildman–Crippen MR) is 100 cm³/mol. The number of amides is 2. The van der Waals surface area contributed by atoms with E-state index in [4.69, 9.17) is 9.47 Å². The van der Waals surface area contributed by atoms with Crippen LogP contribution in [0.4, 0.5) is 11.4 Å². The quantitative estimate of drug-likeness (QED) is 0.839. The number of nitrogens with one attached hydrogen (secondary N) is 1. The van der Waals surface area contributed by atoms with E-state index < -0.39 is 0 Å². The first-order valence-corrected chi connectivity index (χ1v) is 8.15. The third-order valence-electron chi connectivity index (χ3n) is 3.92. The minimum Gasteiger partial charge on any atom is -0.497 e. The Balaban J connectivity index is 1.81. The molecular formula is C20H20N2O4. The SMILES string of the molecule is C=C(C)CN1C(=O)COc2cc(NC(=O)c3cccc(OC)c3)ccc21. The molecular weight excluding hydrogens is 332 g/mol. The van der Waals surface area contributed by atoms with E-state index in [-0.39, 0.29) is 18.4 Å². The molecule has 2 aromatic rings. The Labute approximate surface area is 152 Å². The smallest absolute Gasteiger partial charge is 0.265 e. The van der Waals surface area contributed by atoms with Crippen molar-refractivity contribution in [1.29, 1.82) is 0 Å². The first kappa shape index (κ1) is 17.5. The van der Waals surface area contributed by atoms with E-state index in [1.807, 2.05) is 6.92 Å². The number of carbonyl (C=O) groups is 2. The summed E-state index contributed by atoms with van der Waals surface area (Å²) in [6.07, 6.45) is 0. The third-order valence-corrected chi connectivity index (χ3v) is 3.92. The summed E-state index contributed by atoms with van der Waals surface area (Å²) in [6, 6.07) is 12.1. The lowest BCUT2D eigenvalue weighted by Gasteiger charge is -2.29. The van der Waals surface area contributed by atoms with Crippen molar-refractivity contribution in [2.75, 3.05) is 30.5 Å². The van der Waals surface area contributed by atoms with Crippen molar-refractivity contribution in [3.8, 4) is 11.5 Å². The summed E-state index contributed by atoms with van der Waals surface area (Å²) in [5.74, 6) is 0.790. The first-order valence-electron chi connectivity index (χ1n) is 8.15. The van der Waals surface area contributed by atoms with Gasteiger partial charge in [-0.3, -0.25) is 9.59 Å². The third kappa shape index (κ3) is 3.69. The molecule has 3 rings (SSSR count). The van der Waals surface area contributed by atoms with Gasteiger partial charge >= 0.3 is 0 Å². The van der Waals surface area contributed by atoms with Gasteiger partial charge in [0, 0.05) is 23.9 Å². The molecule has 0 atom stereocenters. The molecule has 1 aliphatic heterocycles. The summed E-state index contributed by atoms with van der Waals surface area (Å²) < 4.78 is 10.7. The van der Waals surface area contributed by atoms with Crippen LogP contribution < -0.4 is 19.7 Å². The number of ether oxygens (including phenoxy) is 2. The Hall–Kier alpha value is -3.28. The maximum atomic E-state index is 12.4. The molecule has 0 bridgehead atoms. The highest BCUT2D eigenvalue weighted by Crippen LogP contribution is 2.35. The van der Waals surface area contributed by atoms with Crippen LogP contribution in [0.1, 0.15) is 17.3 Å². The van der Waals surface area contributed by atoms with Crippen LogP contribution in [0.25, 0.3) is 0 Å². The van der Waals surface area contributed by atoms with Gasteiger partial charge in [-0.1, -0.05) is 18.2 Å². The molecule has 1 aliphatic rings. The molecule has 0 spiro atoms. The number of hydrogen-bond acceptors (Lipinski definition) is 4. The van der Waals surface area contributed by atoms with Crippen LogP contribution in [-0.4, -0.2) is 32.1 Å². The normalized spacial score (nSPS) is 12.8. The van der Waals surface area contributed by atoms with E-state index >= 15 is 0 Å². The van der Waals surface area contributed by atoms with Crippen LogP contribution in [0, 0.1) is 0 Å². The molecule has 6 nitrogen and oxygen atoms in total. The van der Waals surface area contributed by atoms with Crippen molar-refractivity contribution in [2.45, 2.75) is 6.92 Å². The molecule has 2 aromatic carbocycles. The monoisotopic (exact) mass is 352 g/mol. The molecule has 134 valence electrons. The van der Waals surface area contributed by atoms with Gasteiger partial charge in [-0.2, -0.15) is 0 Å². The maximum absolute atomic E-state index is 12.4. The average molecular weight is 352 g/mol. The summed E-state index contributed by atoms with van der Waals surface area (Å²) in [7, 11) is 1.55. The van der Waals surface area contributed by atoms with Crippen molar-refractivity contribution in [3.05, 3.63) is 60.2 Å². The summed E-state index contributed by atoms with van der Waals surface area (Å²) in [5.41, 5.74) is 2.62. The number of fused-ring (bicyclic) bond motifs is 1. The molecule has 2 amide bonds. The van der Waals surface area contributed by atoms with Crippen molar-refractivity contribution < 1.29 is 19.1 Å². The fraction of sp³-hybridized carbons (Fsp3) is 0.200. The second kappa shape index (κ2) is 7.31. The maximum Gasteiger partial charge on any atom is 0.265 e. The highest BCUT2D eigenvalue weighted by molar-refractivity contribution is 6.05. The van der Waals surface area contributed by atoms with Gasteiger partial charge in [0.15, 0.2) is 6.61 Å². The number of nitrogens with zero attached hydrogens (tertiary/aromatic N) is 1. The van der Waals surface area contributed by atoms with E-state index in [0.29, 0.717) is 35.0 Å². The van der Waals surface area contributed by atoms with Crippen LogP contribution in [-0.2, 0) is 4.79 Å². The predicted octanol–water partition coefficient (Wildman–Crippen LogP) is 3.25. The highest BCUT2D eigenvalue weighted by Gasteiger charge is 2.25. The van der Waals surface area contributed by atoms with Crippen LogP contribution in [0.2, 0.25) is 0 Å². The zero-order chi connectivity index (χ0) is 18.7. The zero-order valence-corrected chi connectivity index (χ0v) is 14.7. The number of hydrogen-bond donors (Lipinski definition) is 1. The molecule has 26 heavy (non-hydrogen) atoms. The Morgan fingerprint density at radius 2 is 2.12 bits per heavy atom. The molecule has 0 aliphatic carbocycles. The number of methoxy groups -OCH3 is 1. The number of rotatable bonds is 5. The topological polar surface area (TPSA) is 67.9 Å². The lowest BCUT2D eigenvalue weighted by Crippen LogP contribution is -2.39. The average Bonchev–Trinajstić information content (AvgIpc) is 2.64. The second-order valence-corrected chi connectivity index (χ2v) is 6.09. The van der Waals surface area contributed by atoms with Crippen LogP contribution in [0.5, 0.6) is 11.5 Å². The van der Waals surface area contributed by atoms with Gasteiger partial charge < -0.3 is 19.7 Å². The molecule has 0 unspecified atom stereocenters. The molecule has 0 fully saturated rings. The van der Waals surface area contributed by atoms with Crippen molar-refractivity contribution in [3.63, 3.8) is 0 Å². The molecule has 0 saturated carbocycles. The lowest BCUT2D eigenvalue weighted by atomic mass is 10.1. The van der Waals surface area contributed by atoms with Crippen LogP contribution in [0.15, 0.2) is 54.6 Å². The largest absolute Gasteiger partial charge is 0.497 e. The molecule has 1 heterocycles. The Morgan fingerprint density at radius 1 is 1.31 bits per heavy atom. The standard InChI is InChI=1S/C20H20N2O4/c1-13(2)11-22-17-8-7-15(10-18(17)26-12-19(22)23)21-20(24)14-5-4-6-16(9-14)25-3/h4-10H,1,11-12H2,2-3H3,(H,21,24). The highest BCUT2D eigenvalue weighted by atomic mass is 16.5. The van der Waals surface area contributed by atoms with Crippen molar-refractivity contribution >= 4 is 23.2 Å². The van der Waals surface area contributed by atoms with E-state index in [9.17, 15) is 9.59 Å². The Morgan fingerprint density at radius 3 is 2.85 bits per heavy atom. The molecule has 0 aromatic heterocycles. The zero-order valence-electron chi connectivity index (χ0n) is 14.7. The van der Waals surface area contributed by atoms with Crippen molar-refractivity contribution in [1.82, 2.24) is 0 Å². The van der Waals surface area contributed by atoms with Gasteiger partial charge in [0.05, 0.1) is 12.8 Å². The van der Waals surface area contributed by atoms with Gasteiger partial charge in [-0.25, -0.2) is 0 Å². The van der Waals surface area contributed by atoms with Crippen LogP contribution >= 0.6 is 0 Å². The molecule has 1 N–H and O–H groups in total. The summed E-state index contributed by atoms with van der Waals surface area (Å²) in [6.45, 7) is 6.13. The minimum absolute atomic E-state index is 0.0342.